The minimum absolute atomic E-state index is 0.00551. The number of hydrogen-bond donors (Lipinski definition) is 1. The molecule has 3 rings (SSSR count). The van der Waals surface area contributed by atoms with E-state index >= 15 is 0 Å². The average Bonchev–Trinajstić information content (AvgIpc) is 2.98. The predicted molar refractivity (Wildman–Crippen MR) is 102 cm³/mol. The smallest absolute Gasteiger partial charge is 0.229 e. The van der Waals surface area contributed by atoms with Crippen molar-refractivity contribution in [3.63, 3.8) is 0 Å². The van der Waals surface area contributed by atoms with Crippen molar-refractivity contribution in [1.29, 1.82) is 0 Å². The van der Waals surface area contributed by atoms with Crippen LogP contribution in [-0.4, -0.2) is 31.0 Å². The van der Waals surface area contributed by atoms with Crippen molar-refractivity contribution in [3.8, 4) is 5.75 Å². The van der Waals surface area contributed by atoms with Crippen LogP contribution < -0.4 is 15.0 Å². The molecule has 2 amide bonds. The number of halogens is 1. The maximum absolute atomic E-state index is 12.3. The summed E-state index contributed by atoms with van der Waals surface area (Å²) in [5, 5.41) is 3.59. The highest BCUT2D eigenvalue weighted by atomic mass is 35.5. The van der Waals surface area contributed by atoms with E-state index in [4.69, 9.17) is 16.3 Å². The Morgan fingerprint density at radius 2 is 1.88 bits per heavy atom. The summed E-state index contributed by atoms with van der Waals surface area (Å²) in [6, 6.07) is 14.4. The van der Waals surface area contributed by atoms with E-state index in [0.717, 1.165) is 17.0 Å². The van der Waals surface area contributed by atoms with E-state index < -0.39 is 0 Å². The van der Waals surface area contributed by atoms with Crippen LogP contribution in [0.4, 0.5) is 5.69 Å². The molecule has 1 saturated heterocycles. The first-order valence-corrected chi connectivity index (χ1v) is 9.00. The Balaban J connectivity index is 1.56. The Morgan fingerprint density at radius 1 is 1.19 bits per heavy atom. The second-order valence-electron chi connectivity index (χ2n) is 6.20. The molecule has 136 valence electrons. The number of nitrogens with zero attached hydrogens (tertiary/aromatic N) is 1. The largest absolute Gasteiger partial charge is 0.494 e. The fraction of sp³-hybridized carbons (Fsp3) is 0.300. The number of ether oxygens (including phenoxy) is 1. The molecule has 0 aliphatic carbocycles. The van der Waals surface area contributed by atoms with Gasteiger partial charge < -0.3 is 15.0 Å². The SMILES string of the molecule is CCOc1ccc(N2C[C@@H](NC(=O)Cc3ccc(Cl)cc3)CC2=O)cc1. The van der Waals surface area contributed by atoms with Gasteiger partial charge in [-0.2, -0.15) is 0 Å². The molecule has 0 aromatic heterocycles. The predicted octanol–water partition coefficient (Wildman–Crippen LogP) is 3.20. The molecule has 2 aromatic carbocycles. The molecule has 0 bridgehead atoms. The zero-order chi connectivity index (χ0) is 18.5. The van der Waals surface area contributed by atoms with Crippen LogP contribution in [0.5, 0.6) is 5.75 Å². The van der Waals surface area contributed by atoms with Crippen LogP contribution in [0.1, 0.15) is 18.9 Å². The number of carbonyl (C=O) groups excluding carboxylic acids is 2. The van der Waals surface area contributed by atoms with Gasteiger partial charge in [0, 0.05) is 23.7 Å². The highest BCUT2D eigenvalue weighted by Crippen LogP contribution is 2.24. The van der Waals surface area contributed by atoms with Gasteiger partial charge in [0.1, 0.15) is 5.75 Å². The minimum atomic E-state index is -0.186. The van der Waals surface area contributed by atoms with Crippen LogP contribution in [0.2, 0.25) is 5.02 Å². The number of nitrogens with one attached hydrogen (secondary N) is 1. The van der Waals surface area contributed by atoms with Gasteiger partial charge in [0.25, 0.3) is 0 Å². The van der Waals surface area contributed by atoms with Crippen molar-refractivity contribution in [1.82, 2.24) is 5.32 Å². The van der Waals surface area contributed by atoms with Crippen LogP contribution in [0, 0.1) is 0 Å². The monoisotopic (exact) mass is 372 g/mol. The third kappa shape index (κ3) is 4.55. The van der Waals surface area contributed by atoms with E-state index in [0.29, 0.717) is 24.6 Å². The number of carbonyl (C=O) groups is 2. The normalized spacial score (nSPS) is 16.6. The van der Waals surface area contributed by atoms with Gasteiger partial charge in [-0.1, -0.05) is 23.7 Å². The highest BCUT2D eigenvalue weighted by Gasteiger charge is 2.31. The lowest BCUT2D eigenvalue weighted by molar-refractivity contribution is -0.121. The van der Waals surface area contributed by atoms with E-state index in [1.165, 1.54) is 0 Å². The van der Waals surface area contributed by atoms with Gasteiger partial charge in [0.15, 0.2) is 0 Å². The number of amides is 2. The Labute approximate surface area is 157 Å². The van der Waals surface area contributed by atoms with Crippen molar-refractivity contribution in [2.75, 3.05) is 18.1 Å². The molecule has 0 radical (unpaired) electrons. The van der Waals surface area contributed by atoms with Crippen molar-refractivity contribution >= 4 is 29.1 Å². The van der Waals surface area contributed by atoms with Gasteiger partial charge >= 0.3 is 0 Å². The van der Waals surface area contributed by atoms with Gasteiger partial charge in [-0.25, -0.2) is 0 Å². The first-order chi connectivity index (χ1) is 12.5. The summed E-state index contributed by atoms with van der Waals surface area (Å²) in [4.78, 5) is 26.2. The molecule has 6 heteroatoms. The molecule has 1 aliphatic heterocycles. The van der Waals surface area contributed by atoms with E-state index in [2.05, 4.69) is 5.32 Å². The van der Waals surface area contributed by atoms with Gasteiger partial charge in [-0.3, -0.25) is 9.59 Å². The van der Waals surface area contributed by atoms with Crippen molar-refractivity contribution in [2.24, 2.45) is 0 Å². The second-order valence-corrected chi connectivity index (χ2v) is 6.64. The summed E-state index contributed by atoms with van der Waals surface area (Å²) in [6.45, 7) is 3.00. The molecule has 1 atom stereocenters. The van der Waals surface area contributed by atoms with E-state index in [1.807, 2.05) is 43.3 Å². The molecular formula is C20H21ClN2O3. The summed E-state index contributed by atoms with van der Waals surface area (Å²) in [5.41, 5.74) is 1.70. The fourth-order valence-electron chi connectivity index (χ4n) is 3.01. The first kappa shape index (κ1) is 18.3. The third-order valence-corrected chi connectivity index (χ3v) is 4.48. The molecule has 1 fully saturated rings. The molecule has 0 saturated carbocycles. The van der Waals surface area contributed by atoms with Gasteiger partial charge in [0.2, 0.25) is 11.8 Å². The Morgan fingerprint density at radius 3 is 2.54 bits per heavy atom. The van der Waals surface area contributed by atoms with Crippen LogP contribution >= 0.6 is 11.6 Å². The Hall–Kier alpha value is -2.53. The summed E-state index contributed by atoms with van der Waals surface area (Å²) in [5.74, 6) is 0.681. The van der Waals surface area contributed by atoms with E-state index in [9.17, 15) is 9.59 Å². The standard InChI is InChI=1S/C20H21ClN2O3/c1-2-26-18-9-7-17(8-10-18)23-13-16(12-20(23)25)22-19(24)11-14-3-5-15(21)6-4-14/h3-10,16H,2,11-13H2,1H3,(H,22,24)/t16-/m0/s1. The average molecular weight is 373 g/mol. The number of hydrogen-bond acceptors (Lipinski definition) is 3. The summed E-state index contributed by atoms with van der Waals surface area (Å²) >= 11 is 5.85. The highest BCUT2D eigenvalue weighted by molar-refractivity contribution is 6.30. The number of benzene rings is 2. The topological polar surface area (TPSA) is 58.6 Å². The molecule has 0 unspecified atom stereocenters. The lowest BCUT2D eigenvalue weighted by atomic mass is 10.1. The van der Waals surface area contributed by atoms with Crippen LogP contribution in [0.15, 0.2) is 48.5 Å². The van der Waals surface area contributed by atoms with Gasteiger partial charge in [-0.15, -0.1) is 0 Å². The summed E-state index contributed by atoms with van der Waals surface area (Å²) in [6.07, 6.45) is 0.574. The molecule has 1 aliphatic rings. The number of rotatable bonds is 6. The van der Waals surface area contributed by atoms with E-state index in [-0.39, 0.29) is 24.3 Å². The van der Waals surface area contributed by atoms with Crippen LogP contribution in [0.25, 0.3) is 0 Å². The molecule has 1 heterocycles. The Kier molecular flexibility index (Phi) is 5.78. The second kappa shape index (κ2) is 8.23. The van der Waals surface area contributed by atoms with Gasteiger partial charge in [0.05, 0.1) is 19.1 Å². The Bertz CT molecular complexity index is 775. The van der Waals surface area contributed by atoms with Crippen molar-refractivity contribution in [2.45, 2.75) is 25.8 Å². The summed E-state index contributed by atoms with van der Waals surface area (Å²) in [7, 11) is 0. The maximum atomic E-state index is 12.3. The molecule has 5 nitrogen and oxygen atoms in total. The summed E-state index contributed by atoms with van der Waals surface area (Å²) < 4.78 is 5.42. The minimum Gasteiger partial charge on any atom is -0.494 e. The van der Waals surface area contributed by atoms with Crippen LogP contribution in [0.3, 0.4) is 0 Å². The first-order valence-electron chi connectivity index (χ1n) is 8.62. The van der Waals surface area contributed by atoms with E-state index in [1.54, 1.807) is 17.0 Å². The lowest BCUT2D eigenvalue weighted by Crippen LogP contribution is -2.38. The molecular weight excluding hydrogens is 352 g/mol. The molecule has 1 N–H and O–H groups in total. The molecule has 26 heavy (non-hydrogen) atoms. The number of anilines is 1. The van der Waals surface area contributed by atoms with Crippen LogP contribution in [-0.2, 0) is 16.0 Å². The third-order valence-electron chi connectivity index (χ3n) is 4.23. The lowest BCUT2D eigenvalue weighted by Gasteiger charge is -2.17. The molecule has 0 spiro atoms. The zero-order valence-corrected chi connectivity index (χ0v) is 15.3. The quantitative estimate of drug-likeness (QED) is 0.847. The maximum Gasteiger partial charge on any atom is 0.229 e. The zero-order valence-electron chi connectivity index (χ0n) is 14.6. The van der Waals surface area contributed by atoms with Crippen molar-refractivity contribution < 1.29 is 14.3 Å². The fourth-order valence-corrected chi connectivity index (χ4v) is 3.14. The van der Waals surface area contributed by atoms with Crippen molar-refractivity contribution in [3.05, 3.63) is 59.1 Å². The molecule has 2 aromatic rings. The van der Waals surface area contributed by atoms with Gasteiger partial charge in [-0.05, 0) is 48.9 Å².